The van der Waals surface area contributed by atoms with Gasteiger partial charge in [-0.1, -0.05) is 44.0 Å². The van der Waals surface area contributed by atoms with Crippen molar-refractivity contribution in [1.29, 1.82) is 0 Å². The summed E-state index contributed by atoms with van der Waals surface area (Å²) in [5.41, 5.74) is 2.81. The largest absolute Gasteiger partial charge is 0.352 e. The molecule has 2 saturated heterocycles. The zero-order chi connectivity index (χ0) is 21.5. The number of aliphatic imine (C=N–C) groups is 1. The molecule has 1 aliphatic carbocycles. The van der Waals surface area contributed by atoms with Crippen molar-refractivity contribution in [2.24, 2.45) is 4.99 Å². The minimum absolute atomic E-state index is 0. The Labute approximate surface area is 212 Å². The highest BCUT2D eigenvalue weighted by Gasteiger charge is 2.30. The predicted octanol–water partition coefficient (Wildman–Crippen LogP) is 3.12. The number of piperazine rings is 1. The van der Waals surface area contributed by atoms with Crippen LogP contribution in [0.25, 0.3) is 0 Å². The van der Waals surface area contributed by atoms with Crippen LogP contribution in [0.2, 0.25) is 0 Å². The molecule has 6 nitrogen and oxygen atoms in total. The van der Waals surface area contributed by atoms with E-state index in [-0.39, 0.29) is 24.0 Å². The van der Waals surface area contributed by atoms with Crippen molar-refractivity contribution < 1.29 is 0 Å². The monoisotopic (exact) mass is 554 g/mol. The van der Waals surface area contributed by atoms with E-state index in [0.717, 1.165) is 44.7 Å². The van der Waals surface area contributed by atoms with Gasteiger partial charge in [-0.2, -0.15) is 0 Å². The molecule has 0 aromatic heterocycles. The van der Waals surface area contributed by atoms with E-state index in [1.807, 2.05) is 7.05 Å². The van der Waals surface area contributed by atoms with E-state index in [4.69, 9.17) is 0 Å². The van der Waals surface area contributed by atoms with Crippen LogP contribution in [0.4, 0.5) is 0 Å². The molecule has 180 valence electrons. The fourth-order valence-corrected chi connectivity index (χ4v) is 5.46. The molecule has 1 aromatic carbocycles. The smallest absolute Gasteiger partial charge is 0.191 e. The quantitative estimate of drug-likeness (QED) is 0.308. The summed E-state index contributed by atoms with van der Waals surface area (Å²) in [5, 5.41) is 7.27. The molecule has 1 unspecified atom stereocenters. The Morgan fingerprint density at radius 2 is 1.66 bits per heavy atom. The molecule has 3 fully saturated rings. The molecule has 2 aliphatic heterocycles. The molecular formula is C25H43IN6. The fraction of sp³-hybridized carbons (Fsp3) is 0.720. The van der Waals surface area contributed by atoms with Crippen molar-refractivity contribution in [3.05, 3.63) is 35.4 Å². The maximum atomic E-state index is 4.51. The molecule has 4 rings (SSSR count). The molecule has 0 amide bonds. The Balaban J connectivity index is 0.00000289. The van der Waals surface area contributed by atoms with E-state index in [2.05, 4.69) is 61.5 Å². The van der Waals surface area contributed by atoms with Crippen molar-refractivity contribution in [2.75, 3.05) is 52.9 Å². The Hall–Kier alpha value is -0.900. The second kappa shape index (κ2) is 13.1. The third-order valence-electron chi connectivity index (χ3n) is 7.50. The van der Waals surface area contributed by atoms with E-state index < -0.39 is 0 Å². The number of hydrogen-bond acceptors (Lipinski definition) is 4. The van der Waals surface area contributed by atoms with Crippen LogP contribution in [0.1, 0.15) is 50.2 Å². The fourth-order valence-electron chi connectivity index (χ4n) is 5.46. The van der Waals surface area contributed by atoms with Crippen LogP contribution >= 0.6 is 24.0 Å². The van der Waals surface area contributed by atoms with Gasteiger partial charge in [-0.05, 0) is 36.9 Å². The standard InChI is InChI=1S/C25H42N6.HI/c1-3-29-14-16-30(17-15-29)19-22-9-5-4-8-21(22)18-27-25(26-2)28-23-12-13-31(20-23)24-10-6-7-11-24;/h4-5,8-9,23-24H,3,6-7,10-20H2,1-2H3,(H2,26,27,28);1H. The van der Waals surface area contributed by atoms with Gasteiger partial charge in [0.15, 0.2) is 5.96 Å². The lowest BCUT2D eigenvalue weighted by atomic mass is 10.1. The summed E-state index contributed by atoms with van der Waals surface area (Å²) in [6.45, 7) is 12.4. The predicted molar refractivity (Wildman–Crippen MR) is 145 cm³/mol. The Kier molecular flexibility index (Phi) is 10.5. The van der Waals surface area contributed by atoms with E-state index in [0.29, 0.717) is 6.04 Å². The van der Waals surface area contributed by atoms with Crippen molar-refractivity contribution in [3.8, 4) is 0 Å². The van der Waals surface area contributed by atoms with Crippen molar-refractivity contribution in [3.63, 3.8) is 0 Å². The summed E-state index contributed by atoms with van der Waals surface area (Å²) in [7, 11) is 1.89. The Morgan fingerprint density at radius 1 is 0.969 bits per heavy atom. The number of guanidine groups is 1. The average molecular weight is 555 g/mol. The molecule has 0 bridgehead atoms. The lowest BCUT2D eigenvalue weighted by molar-refractivity contribution is 0.131. The third kappa shape index (κ3) is 7.05. The first kappa shape index (κ1) is 25.7. The number of benzene rings is 1. The highest BCUT2D eigenvalue weighted by molar-refractivity contribution is 14.0. The highest BCUT2D eigenvalue weighted by Crippen LogP contribution is 2.26. The minimum atomic E-state index is 0. The second-order valence-corrected chi connectivity index (χ2v) is 9.47. The number of rotatable bonds is 7. The van der Waals surface area contributed by atoms with Gasteiger partial charge >= 0.3 is 0 Å². The number of nitrogens with zero attached hydrogens (tertiary/aromatic N) is 4. The van der Waals surface area contributed by atoms with Gasteiger partial charge in [-0.25, -0.2) is 0 Å². The van der Waals surface area contributed by atoms with Gasteiger partial charge in [0.25, 0.3) is 0 Å². The van der Waals surface area contributed by atoms with Crippen molar-refractivity contribution in [1.82, 2.24) is 25.3 Å². The molecule has 1 saturated carbocycles. The van der Waals surface area contributed by atoms with Crippen molar-refractivity contribution in [2.45, 2.75) is 64.2 Å². The minimum Gasteiger partial charge on any atom is -0.352 e. The summed E-state index contributed by atoms with van der Waals surface area (Å²) in [6, 6.07) is 10.2. The van der Waals surface area contributed by atoms with Gasteiger partial charge < -0.3 is 15.5 Å². The molecule has 7 heteroatoms. The molecular weight excluding hydrogens is 511 g/mol. The molecule has 2 N–H and O–H groups in total. The summed E-state index contributed by atoms with van der Waals surface area (Å²) < 4.78 is 0. The van der Waals surface area contributed by atoms with Crippen LogP contribution in [0.3, 0.4) is 0 Å². The van der Waals surface area contributed by atoms with Crippen LogP contribution in [0.5, 0.6) is 0 Å². The van der Waals surface area contributed by atoms with Gasteiger partial charge in [-0.3, -0.25) is 14.8 Å². The first-order valence-corrected chi connectivity index (χ1v) is 12.5. The SMILES string of the molecule is CCN1CCN(Cc2ccccc2CNC(=NC)NC2CCN(C3CCCC3)C2)CC1.I. The Bertz CT molecular complexity index is 712. The van der Waals surface area contributed by atoms with Gasteiger partial charge in [0, 0.05) is 71.5 Å². The molecule has 2 heterocycles. The normalized spacial score (nSPS) is 23.9. The first-order chi connectivity index (χ1) is 15.2. The van der Waals surface area contributed by atoms with Gasteiger partial charge in [0.2, 0.25) is 0 Å². The summed E-state index contributed by atoms with van der Waals surface area (Å²) in [6.07, 6.45) is 6.83. The Morgan fingerprint density at radius 3 is 2.34 bits per heavy atom. The molecule has 1 aromatic rings. The number of halogens is 1. The van der Waals surface area contributed by atoms with Gasteiger partial charge in [0.05, 0.1) is 0 Å². The van der Waals surface area contributed by atoms with Crippen LogP contribution in [0.15, 0.2) is 29.3 Å². The molecule has 1 atom stereocenters. The third-order valence-corrected chi connectivity index (χ3v) is 7.50. The number of hydrogen-bond donors (Lipinski definition) is 2. The summed E-state index contributed by atoms with van der Waals surface area (Å²) in [4.78, 5) is 12.3. The van der Waals surface area contributed by atoms with E-state index in [9.17, 15) is 0 Å². The zero-order valence-electron chi connectivity index (χ0n) is 20.1. The zero-order valence-corrected chi connectivity index (χ0v) is 22.4. The molecule has 0 radical (unpaired) electrons. The lowest BCUT2D eigenvalue weighted by Gasteiger charge is -2.34. The van der Waals surface area contributed by atoms with E-state index >= 15 is 0 Å². The van der Waals surface area contributed by atoms with Crippen molar-refractivity contribution >= 4 is 29.9 Å². The molecule has 3 aliphatic rings. The first-order valence-electron chi connectivity index (χ1n) is 12.5. The number of likely N-dealkylation sites (N-methyl/N-ethyl adjacent to an activating group) is 1. The van der Waals surface area contributed by atoms with E-state index in [1.165, 1.54) is 69.4 Å². The van der Waals surface area contributed by atoms with Crippen LogP contribution in [-0.2, 0) is 13.1 Å². The maximum Gasteiger partial charge on any atom is 0.191 e. The van der Waals surface area contributed by atoms with Gasteiger partial charge in [0.1, 0.15) is 0 Å². The average Bonchev–Trinajstić information content (AvgIpc) is 3.50. The van der Waals surface area contributed by atoms with Gasteiger partial charge in [-0.15, -0.1) is 24.0 Å². The number of nitrogens with one attached hydrogen (secondary N) is 2. The number of likely N-dealkylation sites (tertiary alicyclic amines) is 1. The van der Waals surface area contributed by atoms with Crippen LogP contribution < -0.4 is 10.6 Å². The second-order valence-electron chi connectivity index (χ2n) is 9.47. The molecule has 32 heavy (non-hydrogen) atoms. The van der Waals surface area contributed by atoms with Crippen LogP contribution in [-0.4, -0.2) is 85.6 Å². The van der Waals surface area contributed by atoms with E-state index in [1.54, 1.807) is 0 Å². The van der Waals surface area contributed by atoms with Crippen LogP contribution in [0, 0.1) is 0 Å². The highest BCUT2D eigenvalue weighted by atomic mass is 127. The maximum absolute atomic E-state index is 4.51. The lowest BCUT2D eigenvalue weighted by Crippen LogP contribution is -2.46. The topological polar surface area (TPSA) is 46.1 Å². The summed E-state index contributed by atoms with van der Waals surface area (Å²) >= 11 is 0. The summed E-state index contributed by atoms with van der Waals surface area (Å²) in [5.74, 6) is 0.935. The molecule has 0 spiro atoms.